The molecule has 94 valence electrons. The lowest BCUT2D eigenvalue weighted by Crippen LogP contribution is -1.93. The second kappa shape index (κ2) is 13.9. The number of hydrogen-bond donors (Lipinski definition) is 2. The first kappa shape index (κ1) is 17.3. The van der Waals surface area contributed by atoms with Crippen LogP contribution in [0.4, 0.5) is 0 Å². The van der Waals surface area contributed by atoms with Crippen LogP contribution in [0.1, 0.15) is 59.8 Å². The van der Waals surface area contributed by atoms with Gasteiger partial charge in [0.15, 0.2) is 0 Å². The molecule has 0 aliphatic heterocycles. The maximum Gasteiger partial charge on any atom is 0.0431 e. The van der Waals surface area contributed by atoms with Crippen LogP contribution in [0.2, 0.25) is 0 Å². The SMILES string of the molecule is CC(C)CCCO.CCC(C)CCCO. The third kappa shape index (κ3) is 20.1. The molecule has 0 bridgehead atoms. The normalized spacial score (nSPS) is 12.2. The van der Waals surface area contributed by atoms with Crippen LogP contribution in [0.15, 0.2) is 0 Å². The van der Waals surface area contributed by atoms with Crippen molar-refractivity contribution in [3.05, 3.63) is 0 Å². The van der Waals surface area contributed by atoms with E-state index in [9.17, 15) is 0 Å². The maximum atomic E-state index is 8.41. The van der Waals surface area contributed by atoms with Crippen LogP contribution in [0.3, 0.4) is 0 Å². The molecule has 0 saturated carbocycles. The average molecular weight is 218 g/mol. The summed E-state index contributed by atoms with van der Waals surface area (Å²) in [7, 11) is 0. The van der Waals surface area contributed by atoms with E-state index < -0.39 is 0 Å². The molecule has 2 heteroatoms. The Kier molecular flexibility index (Phi) is 16.1. The van der Waals surface area contributed by atoms with Gasteiger partial charge in [0.1, 0.15) is 0 Å². The van der Waals surface area contributed by atoms with Crippen LogP contribution in [0, 0.1) is 11.8 Å². The topological polar surface area (TPSA) is 40.5 Å². The summed E-state index contributed by atoms with van der Waals surface area (Å²) in [6, 6.07) is 0. The Hall–Kier alpha value is -0.0800. The predicted octanol–water partition coefficient (Wildman–Crippen LogP) is 3.22. The molecule has 0 fully saturated rings. The van der Waals surface area contributed by atoms with E-state index in [0.29, 0.717) is 13.2 Å². The fraction of sp³-hybridized carbons (Fsp3) is 1.00. The number of rotatable bonds is 7. The van der Waals surface area contributed by atoms with E-state index in [1.165, 1.54) is 12.8 Å². The van der Waals surface area contributed by atoms with Gasteiger partial charge in [0, 0.05) is 13.2 Å². The fourth-order valence-electron chi connectivity index (χ4n) is 1.14. The van der Waals surface area contributed by atoms with Crippen molar-refractivity contribution in [2.24, 2.45) is 11.8 Å². The van der Waals surface area contributed by atoms with Gasteiger partial charge >= 0.3 is 0 Å². The second-order valence-electron chi connectivity index (χ2n) is 4.64. The lowest BCUT2D eigenvalue weighted by atomic mass is 10.0. The molecule has 0 aromatic rings. The van der Waals surface area contributed by atoms with E-state index in [0.717, 1.165) is 31.1 Å². The van der Waals surface area contributed by atoms with Crippen molar-refractivity contribution in [1.29, 1.82) is 0 Å². The zero-order valence-electron chi connectivity index (χ0n) is 11.0. The van der Waals surface area contributed by atoms with Gasteiger partial charge in [0.25, 0.3) is 0 Å². The summed E-state index contributed by atoms with van der Waals surface area (Å²) in [5.41, 5.74) is 0. The van der Waals surface area contributed by atoms with E-state index in [-0.39, 0.29) is 0 Å². The van der Waals surface area contributed by atoms with Gasteiger partial charge < -0.3 is 10.2 Å². The van der Waals surface area contributed by atoms with Gasteiger partial charge in [-0.15, -0.1) is 0 Å². The summed E-state index contributed by atoms with van der Waals surface area (Å²) in [4.78, 5) is 0. The van der Waals surface area contributed by atoms with Gasteiger partial charge in [-0.1, -0.05) is 34.1 Å². The zero-order chi connectivity index (χ0) is 12.1. The van der Waals surface area contributed by atoms with Crippen molar-refractivity contribution in [3.63, 3.8) is 0 Å². The Morgan fingerprint density at radius 2 is 1.33 bits per heavy atom. The molecule has 0 heterocycles. The van der Waals surface area contributed by atoms with Gasteiger partial charge in [-0.05, 0) is 37.5 Å². The molecule has 2 N–H and O–H groups in total. The molecule has 0 aromatic carbocycles. The molecule has 1 atom stereocenters. The zero-order valence-corrected chi connectivity index (χ0v) is 11.0. The monoisotopic (exact) mass is 218 g/mol. The van der Waals surface area contributed by atoms with Crippen molar-refractivity contribution >= 4 is 0 Å². The fourth-order valence-corrected chi connectivity index (χ4v) is 1.14. The van der Waals surface area contributed by atoms with Gasteiger partial charge in [0.05, 0.1) is 0 Å². The molecule has 15 heavy (non-hydrogen) atoms. The van der Waals surface area contributed by atoms with Crippen molar-refractivity contribution in [2.45, 2.75) is 59.8 Å². The van der Waals surface area contributed by atoms with Crippen LogP contribution in [0.25, 0.3) is 0 Å². The first-order valence-corrected chi connectivity index (χ1v) is 6.30. The largest absolute Gasteiger partial charge is 0.396 e. The molecule has 1 unspecified atom stereocenters. The van der Waals surface area contributed by atoms with Gasteiger partial charge in [-0.25, -0.2) is 0 Å². The summed E-state index contributed by atoms with van der Waals surface area (Å²) in [6.45, 7) is 9.42. The van der Waals surface area contributed by atoms with E-state index in [1.54, 1.807) is 0 Å². The molecule has 2 nitrogen and oxygen atoms in total. The van der Waals surface area contributed by atoms with Gasteiger partial charge in [-0.3, -0.25) is 0 Å². The van der Waals surface area contributed by atoms with Crippen LogP contribution in [-0.4, -0.2) is 23.4 Å². The number of aliphatic hydroxyl groups excluding tert-OH is 2. The standard InChI is InChI=1S/C7H16O.C6H14O/c1-3-7(2)5-4-6-8;1-6(2)4-3-5-7/h7-8H,3-6H2,1-2H3;6-7H,3-5H2,1-2H3. The van der Waals surface area contributed by atoms with Gasteiger partial charge in [-0.2, -0.15) is 0 Å². The molecule has 0 amide bonds. The molecule has 0 saturated heterocycles. The minimum atomic E-state index is 0.345. The highest BCUT2D eigenvalue weighted by Gasteiger charge is 1.95. The van der Waals surface area contributed by atoms with Crippen molar-refractivity contribution < 1.29 is 10.2 Å². The Bertz CT molecular complexity index is 103. The minimum absolute atomic E-state index is 0.345. The number of hydrogen-bond acceptors (Lipinski definition) is 2. The van der Waals surface area contributed by atoms with Crippen molar-refractivity contribution in [2.75, 3.05) is 13.2 Å². The summed E-state index contributed by atoms with van der Waals surface area (Å²) in [5.74, 6) is 1.54. The van der Waals surface area contributed by atoms with E-state index in [1.807, 2.05) is 0 Å². The van der Waals surface area contributed by atoms with E-state index >= 15 is 0 Å². The van der Waals surface area contributed by atoms with Crippen molar-refractivity contribution in [3.8, 4) is 0 Å². The number of aliphatic hydroxyl groups is 2. The summed E-state index contributed by atoms with van der Waals surface area (Å²) in [5, 5.41) is 16.7. The Morgan fingerprint density at radius 1 is 0.867 bits per heavy atom. The molecule has 0 spiro atoms. The Morgan fingerprint density at radius 3 is 1.60 bits per heavy atom. The Balaban J connectivity index is 0. The molecule has 0 radical (unpaired) electrons. The molecule has 0 aliphatic rings. The predicted molar refractivity (Wildman–Crippen MR) is 66.9 cm³/mol. The molecular formula is C13H30O2. The molecular weight excluding hydrogens is 188 g/mol. The highest BCUT2D eigenvalue weighted by molar-refractivity contribution is 4.48. The Labute approximate surface area is 95.7 Å². The lowest BCUT2D eigenvalue weighted by Gasteiger charge is -2.04. The van der Waals surface area contributed by atoms with Crippen LogP contribution in [0.5, 0.6) is 0 Å². The minimum Gasteiger partial charge on any atom is -0.396 e. The van der Waals surface area contributed by atoms with Crippen LogP contribution >= 0.6 is 0 Å². The lowest BCUT2D eigenvalue weighted by molar-refractivity contribution is 0.273. The average Bonchev–Trinajstić information content (AvgIpc) is 2.23. The summed E-state index contributed by atoms with van der Waals surface area (Å²) < 4.78 is 0. The quantitative estimate of drug-likeness (QED) is 0.689. The molecule has 0 aromatic heterocycles. The third-order valence-corrected chi connectivity index (χ3v) is 2.49. The smallest absolute Gasteiger partial charge is 0.0431 e. The van der Waals surface area contributed by atoms with Crippen LogP contribution < -0.4 is 0 Å². The maximum absolute atomic E-state index is 8.41. The van der Waals surface area contributed by atoms with E-state index in [2.05, 4.69) is 27.7 Å². The van der Waals surface area contributed by atoms with E-state index in [4.69, 9.17) is 10.2 Å². The molecule has 0 aliphatic carbocycles. The first-order valence-electron chi connectivity index (χ1n) is 6.30. The summed E-state index contributed by atoms with van der Waals surface area (Å²) >= 11 is 0. The second-order valence-corrected chi connectivity index (χ2v) is 4.64. The highest BCUT2D eigenvalue weighted by atomic mass is 16.3. The first-order chi connectivity index (χ1) is 7.08. The van der Waals surface area contributed by atoms with Crippen molar-refractivity contribution in [1.82, 2.24) is 0 Å². The molecule has 0 rings (SSSR count). The summed E-state index contributed by atoms with van der Waals surface area (Å²) in [6.07, 6.45) is 5.48. The highest BCUT2D eigenvalue weighted by Crippen LogP contribution is 2.07. The van der Waals surface area contributed by atoms with Crippen LogP contribution in [-0.2, 0) is 0 Å². The third-order valence-electron chi connectivity index (χ3n) is 2.49. The van der Waals surface area contributed by atoms with Gasteiger partial charge in [0.2, 0.25) is 0 Å².